The molecule has 2 heterocycles. The van der Waals surface area contributed by atoms with Crippen LogP contribution < -0.4 is 10.7 Å². The predicted octanol–water partition coefficient (Wildman–Crippen LogP) is 1.09. The lowest BCUT2D eigenvalue weighted by molar-refractivity contribution is -0.135. The molecule has 0 saturated carbocycles. The van der Waals surface area contributed by atoms with Gasteiger partial charge in [-0.05, 0) is 31.5 Å². The zero-order chi connectivity index (χ0) is 14.5. The summed E-state index contributed by atoms with van der Waals surface area (Å²) in [5, 5.41) is 5.34. The van der Waals surface area contributed by atoms with Crippen LogP contribution in [-0.4, -0.2) is 50.3 Å². The second kappa shape index (κ2) is 7.92. The molecular formula is C16H24ClN3O2. The lowest BCUT2D eigenvalue weighted by Gasteiger charge is -2.39. The van der Waals surface area contributed by atoms with E-state index in [1.165, 1.54) is 0 Å². The number of nitrogens with zero attached hydrogens (tertiary/aromatic N) is 1. The topological polar surface area (TPSA) is 53.6 Å². The summed E-state index contributed by atoms with van der Waals surface area (Å²) in [5.41, 5.74) is 3.83. The van der Waals surface area contributed by atoms with Crippen LogP contribution in [0.1, 0.15) is 18.4 Å². The summed E-state index contributed by atoms with van der Waals surface area (Å²) in [7, 11) is 0. The van der Waals surface area contributed by atoms with Crippen molar-refractivity contribution in [3.8, 4) is 0 Å². The van der Waals surface area contributed by atoms with Crippen LogP contribution in [0, 0.1) is 0 Å². The van der Waals surface area contributed by atoms with Crippen LogP contribution in [0.2, 0.25) is 0 Å². The molecule has 0 atom stereocenters. The molecule has 2 saturated heterocycles. The van der Waals surface area contributed by atoms with Gasteiger partial charge in [-0.3, -0.25) is 10.2 Å². The Kier molecular flexibility index (Phi) is 6.20. The number of rotatable bonds is 3. The van der Waals surface area contributed by atoms with Crippen LogP contribution >= 0.6 is 12.4 Å². The summed E-state index contributed by atoms with van der Waals surface area (Å²) in [6, 6.07) is 10.2. The molecule has 3 rings (SSSR count). The fourth-order valence-electron chi connectivity index (χ4n) is 3.18. The first-order valence-corrected chi connectivity index (χ1v) is 7.71. The number of hydrogen-bond donors (Lipinski definition) is 2. The summed E-state index contributed by atoms with van der Waals surface area (Å²) >= 11 is 0. The standard InChI is InChI=1S/C16H23N3O2.ClH/c20-15(18-19-10-12-21-13-11-19)16(6-8-17-9-7-16)14-4-2-1-3-5-14;/h1-5,17H,6-13H2,(H,18,20);1H. The van der Waals surface area contributed by atoms with Gasteiger partial charge in [-0.2, -0.15) is 0 Å². The molecule has 5 nitrogen and oxygen atoms in total. The van der Waals surface area contributed by atoms with Crippen LogP contribution in [0.3, 0.4) is 0 Å². The van der Waals surface area contributed by atoms with Crippen LogP contribution in [0.4, 0.5) is 0 Å². The van der Waals surface area contributed by atoms with E-state index in [2.05, 4.69) is 22.9 Å². The van der Waals surface area contributed by atoms with Gasteiger partial charge in [0.15, 0.2) is 0 Å². The van der Waals surface area contributed by atoms with E-state index in [1.54, 1.807) is 0 Å². The number of hydrogen-bond acceptors (Lipinski definition) is 4. The third-order valence-electron chi connectivity index (χ3n) is 4.49. The molecule has 0 radical (unpaired) electrons. The Morgan fingerprint density at radius 1 is 1.14 bits per heavy atom. The minimum Gasteiger partial charge on any atom is -0.379 e. The molecule has 0 bridgehead atoms. The van der Waals surface area contributed by atoms with E-state index in [9.17, 15) is 4.79 Å². The lowest BCUT2D eigenvalue weighted by Crippen LogP contribution is -2.57. The van der Waals surface area contributed by atoms with Gasteiger partial charge in [-0.15, -0.1) is 12.4 Å². The largest absolute Gasteiger partial charge is 0.379 e. The molecular weight excluding hydrogens is 302 g/mol. The molecule has 0 spiro atoms. The smallest absolute Gasteiger partial charge is 0.245 e. The predicted molar refractivity (Wildman–Crippen MR) is 88.0 cm³/mol. The number of amides is 1. The molecule has 122 valence electrons. The average Bonchev–Trinajstić information content (AvgIpc) is 2.57. The highest BCUT2D eigenvalue weighted by molar-refractivity contribution is 5.88. The highest BCUT2D eigenvalue weighted by Gasteiger charge is 2.41. The van der Waals surface area contributed by atoms with Crippen LogP contribution in [-0.2, 0) is 14.9 Å². The number of hydrazine groups is 1. The maximum atomic E-state index is 13.0. The summed E-state index contributed by atoms with van der Waals surface area (Å²) in [6.07, 6.45) is 1.68. The normalized spacial score (nSPS) is 21.6. The Balaban J connectivity index is 0.00000176. The Bertz CT molecular complexity index is 472. The molecule has 2 N–H and O–H groups in total. The molecule has 2 aliphatic heterocycles. The molecule has 1 aromatic carbocycles. The molecule has 2 aliphatic rings. The molecule has 2 fully saturated rings. The molecule has 1 aromatic rings. The van der Waals surface area contributed by atoms with E-state index in [4.69, 9.17) is 4.74 Å². The fourth-order valence-corrected chi connectivity index (χ4v) is 3.18. The van der Waals surface area contributed by atoms with Crippen LogP contribution in [0.25, 0.3) is 0 Å². The van der Waals surface area contributed by atoms with E-state index in [0.29, 0.717) is 13.2 Å². The van der Waals surface area contributed by atoms with Gasteiger partial charge in [0.25, 0.3) is 0 Å². The quantitative estimate of drug-likeness (QED) is 0.873. The molecule has 1 amide bonds. The first kappa shape index (κ1) is 17.2. The van der Waals surface area contributed by atoms with Crippen molar-refractivity contribution >= 4 is 18.3 Å². The van der Waals surface area contributed by atoms with Crippen molar-refractivity contribution in [3.63, 3.8) is 0 Å². The number of halogens is 1. The number of benzene rings is 1. The van der Waals surface area contributed by atoms with Gasteiger partial charge in [-0.25, -0.2) is 5.01 Å². The van der Waals surface area contributed by atoms with Gasteiger partial charge in [0.2, 0.25) is 5.91 Å². The number of ether oxygens (including phenoxy) is 1. The van der Waals surface area contributed by atoms with Gasteiger partial charge < -0.3 is 10.1 Å². The van der Waals surface area contributed by atoms with Crippen molar-refractivity contribution in [1.29, 1.82) is 0 Å². The third kappa shape index (κ3) is 3.60. The highest BCUT2D eigenvalue weighted by atomic mass is 35.5. The minimum absolute atomic E-state index is 0. The van der Waals surface area contributed by atoms with Crippen LogP contribution in [0.15, 0.2) is 30.3 Å². The number of piperidine rings is 1. The van der Waals surface area contributed by atoms with E-state index in [-0.39, 0.29) is 18.3 Å². The summed E-state index contributed by atoms with van der Waals surface area (Å²) in [4.78, 5) is 13.0. The number of carbonyl (C=O) groups is 1. The number of morpholine rings is 1. The Morgan fingerprint density at radius 3 is 2.41 bits per heavy atom. The molecule has 6 heteroatoms. The lowest BCUT2D eigenvalue weighted by atomic mass is 9.72. The molecule has 0 aliphatic carbocycles. The van der Waals surface area contributed by atoms with Crippen LogP contribution in [0.5, 0.6) is 0 Å². The second-order valence-corrected chi connectivity index (χ2v) is 5.74. The maximum absolute atomic E-state index is 13.0. The van der Waals surface area contributed by atoms with Crippen molar-refractivity contribution in [3.05, 3.63) is 35.9 Å². The van der Waals surface area contributed by atoms with Gasteiger partial charge in [0.05, 0.1) is 18.6 Å². The van der Waals surface area contributed by atoms with Crippen molar-refractivity contribution in [2.45, 2.75) is 18.3 Å². The van der Waals surface area contributed by atoms with E-state index in [0.717, 1.165) is 44.6 Å². The molecule has 0 unspecified atom stereocenters. The first-order valence-electron chi connectivity index (χ1n) is 7.71. The van der Waals surface area contributed by atoms with Crippen molar-refractivity contribution in [1.82, 2.24) is 15.8 Å². The Labute approximate surface area is 137 Å². The monoisotopic (exact) mass is 325 g/mol. The maximum Gasteiger partial charge on any atom is 0.245 e. The second-order valence-electron chi connectivity index (χ2n) is 5.74. The Morgan fingerprint density at radius 2 is 1.77 bits per heavy atom. The number of nitrogens with one attached hydrogen (secondary N) is 2. The van der Waals surface area contributed by atoms with E-state index in [1.807, 2.05) is 23.2 Å². The average molecular weight is 326 g/mol. The SMILES string of the molecule is Cl.O=C(NN1CCOCC1)C1(c2ccccc2)CCNCC1. The molecule has 22 heavy (non-hydrogen) atoms. The summed E-state index contributed by atoms with van der Waals surface area (Å²) < 4.78 is 5.33. The summed E-state index contributed by atoms with van der Waals surface area (Å²) in [5.74, 6) is 0.122. The van der Waals surface area contributed by atoms with E-state index >= 15 is 0 Å². The first-order chi connectivity index (χ1) is 10.3. The van der Waals surface area contributed by atoms with Crippen molar-refractivity contribution in [2.75, 3.05) is 39.4 Å². The van der Waals surface area contributed by atoms with Gasteiger partial charge in [0.1, 0.15) is 0 Å². The molecule has 0 aromatic heterocycles. The zero-order valence-electron chi connectivity index (χ0n) is 12.7. The number of carbonyl (C=O) groups excluding carboxylic acids is 1. The summed E-state index contributed by atoms with van der Waals surface area (Å²) in [6.45, 7) is 4.64. The zero-order valence-corrected chi connectivity index (χ0v) is 13.5. The Hall–Kier alpha value is -1.14. The van der Waals surface area contributed by atoms with Gasteiger partial charge in [-0.1, -0.05) is 30.3 Å². The van der Waals surface area contributed by atoms with Crippen molar-refractivity contribution < 1.29 is 9.53 Å². The van der Waals surface area contributed by atoms with E-state index < -0.39 is 5.41 Å². The highest BCUT2D eigenvalue weighted by Crippen LogP contribution is 2.33. The van der Waals surface area contributed by atoms with Crippen molar-refractivity contribution in [2.24, 2.45) is 0 Å². The minimum atomic E-state index is -0.412. The fraction of sp³-hybridized carbons (Fsp3) is 0.562. The van der Waals surface area contributed by atoms with Gasteiger partial charge in [0, 0.05) is 13.1 Å². The third-order valence-corrected chi connectivity index (χ3v) is 4.49. The van der Waals surface area contributed by atoms with Gasteiger partial charge >= 0.3 is 0 Å².